The van der Waals surface area contributed by atoms with Gasteiger partial charge < -0.3 is 20.1 Å². The van der Waals surface area contributed by atoms with Gasteiger partial charge in [0.25, 0.3) is 0 Å². The summed E-state index contributed by atoms with van der Waals surface area (Å²) in [4.78, 5) is 7.35. The summed E-state index contributed by atoms with van der Waals surface area (Å²) >= 11 is 0. The van der Waals surface area contributed by atoms with Gasteiger partial charge in [0.1, 0.15) is 5.75 Å². The first-order chi connectivity index (χ1) is 13.7. The standard InChI is InChI=1S/C22H38N4O2.HI/c1-5-23-22(25-17-20-9-7-12-26(20)6-2)24-16-19-11-10-18(3)15-21(19)28-14-8-13-27-4;/h10-11,15,20H,5-9,12-14,16-17H2,1-4H3,(H2,23,24,25);1H. The maximum Gasteiger partial charge on any atom is 0.191 e. The molecular formula is C22H39IN4O2. The average Bonchev–Trinajstić information content (AvgIpc) is 3.16. The molecule has 0 spiro atoms. The molecule has 1 aromatic rings. The Labute approximate surface area is 193 Å². The number of rotatable bonds is 11. The Bertz CT molecular complexity index is 612. The zero-order chi connectivity index (χ0) is 20.2. The van der Waals surface area contributed by atoms with E-state index < -0.39 is 0 Å². The van der Waals surface area contributed by atoms with Crippen LogP contribution >= 0.6 is 24.0 Å². The summed E-state index contributed by atoms with van der Waals surface area (Å²) in [7, 11) is 1.72. The molecule has 1 heterocycles. The van der Waals surface area contributed by atoms with Crippen molar-refractivity contribution in [3.05, 3.63) is 29.3 Å². The molecule has 1 unspecified atom stereocenters. The first kappa shape index (κ1) is 26.0. The number of guanidine groups is 1. The smallest absolute Gasteiger partial charge is 0.191 e. The second-order valence-electron chi connectivity index (χ2n) is 7.31. The summed E-state index contributed by atoms with van der Waals surface area (Å²) < 4.78 is 11.1. The molecule has 0 saturated carbocycles. The first-order valence-electron chi connectivity index (χ1n) is 10.6. The van der Waals surface area contributed by atoms with Crippen molar-refractivity contribution in [3.8, 4) is 5.75 Å². The predicted octanol–water partition coefficient (Wildman–Crippen LogP) is 3.57. The number of nitrogens with zero attached hydrogens (tertiary/aromatic N) is 2. The lowest BCUT2D eigenvalue weighted by atomic mass is 10.1. The summed E-state index contributed by atoms with van der Waals surface area (Å²) in [6.45, 7) is 12.5. The van der Waals surface area contributed by atoms with E-state index in [0.717, 1.165) is 43.3 Å². The second kappa shape index (κ2) is 14.8. The fourth-order valence-electron chi connectivity index (χ4n) is 3.58. The van der Waals surface area contributed by atoms with Gasteiger partial charge in [-0.05, 0) is 51.4 Å². The number of hydrogen-bond acceptors (Lipinski definition) is 4. The molecule has 2 rings (SSSR count). The number of methoxy groups -OCH3 is 1. The number of aryl methyl sites for hydroxylation is 1. The number of hydrogen-bond donors (Lipinski definition) is 2. The van der Waals surface area contributed by atoms with Crippen LogP contribution in [0.1, 0.15) is 44.2 Å². The molecule has 1 fully saturated rings. The Hall–Kier alpha value is -1.06. The number of likely N-dealkylation sites (N-methyl/N-ethyl adjacent to an activating group) is 1. The van der Waals surface area contributed by atoms with Gasteiger partial charge >= 0.3 is 0 Å². The minimum absolute atomic E-state index is 0. The third-order valence-electron chi connectivity index (χ3n) is 5.14. The van der Waals surface area contributed by atoms with E-state index in [1.165, 1.54) is 24.9 Å². The molecule has 0 aromatic heterocycles. The van der Waals surface area contributed by atoms with E-state index in [2.05, 4.69) is 54.5 Å². The molecule has 0 aliphatic carbocycles. The fourth-order valence-corrected chi connectivity index (χ4v) is 3.58. The van der Waals surface area contributed by atoms with Crippen molar-refractivity contribution in [2.75, 3.05) is 46.5 Å². The van der Waals surface area contributed by atoms with Crippen LogP contribution in [0.5, 0.6) is 5.75 Å². The van der Waals surface area contributed by atoms with Crippen LogP contribution in [-0.2, 0) is 11.3 Å². The minimum Gasteiger partial charge on any atom is -0.493 e. The molecule has 6 nitrogen and oxygen atoms in total. The van der Waals surface area contributed by atoms with E-state index in [0.29, 0.717) is 25.8 Å². The van der Waals surface area contributed by atoms with Crippen molar-refractivity contribution < 1.29 is 9.47 Å². The highest BCUT2D eigenvalue weighted by atomic mass is 127. The van der Waals surface area contributed by atoms with Crippen molar-refractivity contribution in [1.29, 1.82) is 0 Å². The van der Waals surface area contributed by atoms with Crippen LogP contribution in [0.25, 0.3) is 0 Å². The minimum atomic E-state index is 0. The maximum absolute atomic E-state index is 5.99. The molecule has 1 aliphatic rings. The molecule has 0 amide bonds. The lowest BCUT2D eigenvalue weighted by molar-refractivity contribution is 0.172. The number of halogens is 1. The number of benzene rings is 1. The van der Waals surface area contributed by atoms with Crippen LogP contribution < -0.4 is 15.4 Å². The third kappa shape index (κ3) is 9.09. The molecule has 7 heteroatoms. The summed E-state index contributed by atoms with van der Waals surface area (Å²) in [5.41, 5.74) is 2.30. The van der Waals surface area contributed by atoms with Gasteiger partial charge in [-0.1, -0.05) is 19.1 Å². The summed E-state index contributed by atoms with van der Waals surface area (Å²) in [5, 5.41) is 6.89. The van der Waals surface area contributed by atoms with Gasteiger partial charge in [-0.15, -0.1) is 24.0 Å². The van der Waals surface area contributed by atoms with Crippen LogP contribution in [-0.4, -0.2) is 63.4 Å². The highest BCUT2D eigenvalue weighted by Gasteiger charge is 2.22. The Morgan fingerprint density at radius 2 is 2.07 bits per heavy atom. The summed E-state index contributed by atoms with van der Waals surface area (Å²) in [6.07, 6.45) is 3.44. The van der Waals surface area contributed by atoms with E-state index in [1.54, 1.807) is 7.11 Å². The Morgan fingerprint density at radius 3 is 2.79 bits per heavy atom. The Balaban J connectivity index is 0.00000420. The van der Waals surface area contributed by atoms with E-state index in [-0.39, 0.29) is 24.0 Å². The second-order valence-corrected chi connectivity index (χ2v) is 7.31. The third-order valence-corrected chi connectivity index (χ3v) is 5.14. The van der Waals surface area contributed by atoms with Crippen molar-refractivity contribution >= 4 is 29.9 Å². The summed E-state index contributed by atoms with van der Waals surface area (Å²) in [5.74, 6) is 1.79. The molecule has 2 N–H and O–H groups in total. The molecule has 1 atom stereocenters. The van der Waals surface area contributed by atoms with Gasteiger partial charge in [-0.25, -0.2) is 4.99 Å². The van der Waals surface area contributed by atoms with Crippen LogP contribution in [0.3, 0.4) is 0 Å². The van der Waals surface area contributed by atoms with Gasteiger partial charge in [0, 0.05) is 44.8 Å². The normalized spacial score (nSPS) is 17.1. The van der Waals surface area contributed by atoms with E-state index in [4.69, 9.17) is 14.5 Å². The van der Waals surface area contributed by atoms with Crippen molar-refractivity contribution in [2.45, 2.75) is 52.6 Å². The van der Waals surface area contributed by atoms with Gasteiger partial charge in [0.15, 0.2) is 5.96 Å². The maximum atomic E-state index is 5.99. The van der Waals surface area contributed by atoms with Gasteiger partial charge in [0.05, 0.1) is 13.2 Å². The van der Waals surface area contributed by atoms with Gasteiger partial charge in [-0.3, -0.25) is 4.90 Å². The van der Waals surface area contributed by atoms with Gasteiger partial charge in [0.2, 0.25) is 0 Å². The average molecular weight is 518 g/mol. The monoisotopic (exact) mass is 518 g/mol. The zero-order valence-corrected chi connectivity index (χ0v) is 20.8. The highest BCUT2D eigenvalue weighted by Crippen LogP contribution is 2.21. The molecule has 1 aliphatic heterocycles. The fraction of sp³-hybridized carbons (Fsp3) is 0.682. The molecular weight excluding hydrogens is 479 g/mol. The van der Waals surface area contributed by atoms with E-state index in [9.17, 15) is 0 Å². The van der Waals surface area contributed by atoms with Gasteiger partial charge in [-0.2, -0.15) is 0 Å². The SMILES string of the molecule is CCNC(=NCc1ccc(C)cc1OCCCOC)NCC1CCCN1CC.I. The number of likely N-dealkylation sites (tertiary alicyclic amines) is 1. The van der Waals surface area contributed by atoms with Crippen molar-refractivity contribution in [2.24, 2.45) is 4.99 Å². The molecule has 1 saturated heterocycles. The zero-order valence-electron chi connectivity index (χ0n) is 18.5. The van der Waals surface area contributed by atoms with Crippen LogP contribution in [0.4, 0.5) is 0 Å². The topological polar surface area (TPSA) is 58.1 Å². The molecule has 29 heavy (non-hydrogen) atoms. The van der Waals surface area contributed by atoms with Crippen LogP contribution in [0.2, 0.25) is 0 Å². The lowest BCUT2D eigenvalue weighted by Crippen LogP contribution is -2.44. The Morgan fingerprint density at radius 1 is 1.24 bits per heavy atom. The number of nitrogens with one attached hydrogen (secondary N) is 2. The summed E-state index contributed by atoms with van der Waals surface area (Å²) in [6, 6.07) is 6.93. The van der Waals surface area contributed by atoms with E-state index >= 15 is 0 Å². The predicted molar refractivity (Wildman–Crippen MR) is 132 cm³/mol. The largest absolute Gasteiger partial charge is 0.493 e. The molecule has 0 radical (unpaired) electrons. The van der Waals surface area contributed by atoms with Crippen molar-refractivity contribution in [1.82, 2.24) is 15.5 Å². The van der Waals surface area contributed by atoms with E-state index in [1.807, 2.05) is 0 Å². The highest BCUT2D eigenvalue weighted by molar-refractivity contribution is 14.0. The van der Waals surface area contributed by atoms with Crippen LogP contribution in [0.15, 0.2) is 23.2 Å². The van der Waals surface area contributed by atoms with Crippen LogP contribution in [0, 0.1) is 6.92 Å². The number of ether oxygens (including phenoxy) is 2. The quantitative estimate of drug-likeness (QED) is 0.203. The lowest BCUT2D eigenvalue weighted by Gasteiger charge is -2.24. The molecule has 166 valence electrons. The number of aliphatic imine (C=N–C) groups is 1. The molecule has 1 aromatic carbocycles. The first-order valence-corrected chi connectivity index (χ1v) is 10.6. The molecule has 0 bridgehead atoms. The Kier molecular flexibility index (Phi) is 13.3. The van der Waals surface area contributed by atoms with Crippen molar-refractivity contribution in [3.63, 3.8) is 0 Å².